The summed E-state index contributed by atoms with van der Waals surface area (Å²) < 4.78 is 18.0. The molecule has 0 aliphatic heterocycles. The Bertz CT molecular complexity index is 578. The van der Waals surface area contributed by atoms with Crippen molar-refractivity contribution < 1.29 is 14.1 Å². The molecule has 1 aromatic heterocycles. The fourth-order valence-corrected chi connectivity index (χ4v) is 2.75. The van der Waals surface area contributed by atoms with Gasteiger partial charge in [0.05, 0.1) is 7.11 Å². The lowest BCUT2D eigenvalue weighted by Crippen LogP contribution is -2.19. The molecule has 9 heteroatoms. The van der Waals surface area contributed by atoms with Crippen LogP contribution in [0.3, 0.4) is 0 Å². The predicted octanol–water partition coefficient (Wildman–Crippen LogP) is 0.596. The van der Waals surface area contributed by atoms with Crippen molar-refractivity contribution >= 4 is 28.7 Å². The number of nitrogens with zero attached hydrogens (tertiary/aromatic N) is 4. The minimum Gasteiger partial charge on any atom is -0.611 e. The van der Waals surface area contributed by atoms with Gasteiger partial charge in [0.15, 0.2) is 4.90 Å². The summed E-state index contributed by atoms with van der Waals surface area (Å²) in [6.45, 7) is 0. The Kier molecular flexibility index (Phi) is 4.35. The summed E-state index contributed by atoms with van der Waals surface area (Å²) in [5.74, 6) is -0.827. The van der Waals surface area contributed by atoms with E-state index in [9.17, 15) is 9.35 Å². The van der Waals surface area contributed by atoms with Gasteiger partial charge in [0.2, 0.25) is 5.75 Å². The van der Waals surface area contributed by atoms with Gasteiger partial charge < -0.3 is 9.29 Å². The lowest BCUT2D eigenvalue weighted by molar-refractivity contribution is -0.137. The molecule has 1 atom stereocenters. The Morgan fingerprint density at radius 2 is 2.37 bits per heavy atom. The van der Waals surface area contributed by atoms with Crippen LogP contribution in [0.15, 0.2) is 29.4 Å². The van der Waals surface area contributed by atoms with Crippen LogP contribution in [0.1, 0.15) is 0 Å². The fraction of sp³-hybridized carbons (Fsp3) is 0.200. The largest absolute Gasteiger partial charge is 0.611 e. The summed E-state index contributed by atoms with van der Waals surface area (Å²) >= 11 is 4.29. The Balaban J connectivity index is 2.37. The lowest BCUT2D eigenvalue weighted by Gasteiger charge is -2.12. The second kappa shape index (κ2) is 6.00. The fourth-order valence-electron chi connectivity index (χ4n) is 1.37. The summed E-state index contributed by atoms with van der Waals surface area (Å²) in [5.41, 5.74) is 0.497. The van der Waals surface area contributed by atoms with Crippen molar-refractivity contribution in [2.45, 2.75) is 4.90 Å². The van der Waals surface area contributed by atoms with Gasteiger partial charge in [-0.15, -0.1) is 5.10 Å². The third-order valence-electron chi connectivity index (χ3n) is 2.24. The molecule has 0 saturated carbocycles. The van der Waals surface area contributed by atoms with Crippen molar-refractivity contribution in [3.63, 3.8) is 0 Å². The maximum absolute atomic E-state index is 12.2. The standard InChI is InChI=1S/C10H9ClN4O3S/c1-18-10(16)5-19(17)9-4-7(11)2-3-8(9)15-6-12-13-14-15/h2-4,6H,5H2,1H3. The topological polar surface area (TPSA) is 93.0 Å². The van der Waals surface area contributed by atoms with Crippen molar-refractivity contribution in [2.75, 3.05) is 12.9 Å². The lowest BCUT2D eigenvalue weighted by atomic mass is 10.3. The minimum absolute atomic E-state index is 0.258. The SMILES string of the molecule is COC(=O)C[S+]([O-])c1cc(Cl)ccc1-n1cnnn1. The minimum atomic E-state index is -1.60. The van der Waals surface area contributed by atoms with Crippen LogP contribution in [0.25, 0.3) is 5.69 Å². The predicted molar refractivity (Wildman–Crippen MR) is 67.5 cm³/mol. The molecule has 0 amide bonds. The van der Waals surface area contributed by atoms with Crippen molar-refractivity contribution in [3.05, 3.63) is 29.5 Å². The molecular formula is C10H9ClN4O3S. The van der Waals surface area contributed by atoms with Crippen molar-refractivity contribution in [1.29, 1.82) is 0 Å². The molecule has 2 aromatic rings. The molecule has 100 valence electrons. The van der Waals surface area contributed by atoms with Gasteiger partial charge in [-0.25, -0.2) is 4.79 Å². The first-order valence-electron chi connectivity index (χ1n) is 5.10. The molecular weight excluding hydrogens is 292 g/mol. The average Bonchev–Trinajstić information content (AvgIpc) is 2.92. The molecule has 0 radical (unpaired) electrons. The smallest absolute Gasteiger partial charge is 0.356 e. The summed E-state index contributed by atoms with van der Waals surface area (Å²) in [5, 5.41) is 11.1. The number of halogens is 1. The number of aromatic nitrogens is 4. The second-order valence-corrected chi connectivity index (χ2v) is 5.29. The van der Waals surface area contributed by atoms with E-state index in [4.69, 9.17) is 11.6 Å². The molecule has 1 aromatic carbocycles. The van der Waals surface area contributed by atoms with Gasteiger partial charge in [0.1, 0.15) is 12.0 Å². The number of carbonyl (C=O) groups is 1. The Morgan fingerprint density at radius 3 is 3.00 bits per heavy atom. The zero-order valence-electron chi connectivity index (χ0n) is 9.82. The van der Waals surface area contributed by atoms with Gasteiger partial charge >= 0.3 is 5.97 Å². The number of hydrogen-bond acceptors (Lipinski definition) is 6. The average molecular weight is 301 g/mol. The van der Waals surface area contributed by atoms with Crippen LogP contribution in [-0.2, 0) is 20.7 Å². The Hall–Kier alpha value is -1.64. The number of benzene rings is 1. The number of hydrogen-bond donors (Lipinski definition) is 0. The molecule has 0 aliphatic carbocycles. The number of ether oxygens (including phenoxy) is 1. The maximum Gasteiger partial charge on any atom is 0.356 e. The number of rotatable bonds is 4. The summed E-state index contributed by atoms with van der Waals surface area (Å²) in [6, 6.07) is 4.76. The van der Waals surface area contributed by atoms with Gasteiger partial charge in [0, 0.05) is 11.1 Å². The Morgan fingerprint density at radius 1 is 1.58 bits per heavy atom. The molecule has 0 fully saturated rings. The highest BCUT2D eigenvalue weighted by molar-refractivity contribution is 7.92. The van der Waals surface area contributed by atoms with Crippen molar-refractivity contribution in [1.82, 2.24) is 20.2 Å². The monoisotopic (exact) mass is 300 g/mol. The summed E-state index contributed by atoms with van der Waals surface area (Å²) in [7, 11) is 1.24. The quantitative estimate of drug-likeness (QED) is 0.606. The molecule has 19 heavy (non-hydrogen) atoms. The third kappa shape index (κ3) is 3.22. The number of esters is 1. The van der Waals surface area contributed by atoms with Gasteiger partial charge in [-0.2, -0.15) is 4.68 Å². The van der Waals surface area contributed by atoms with Crippen molar-refractivity contribution in [2.24, 2.45) is 0 Å². The highest BCUT2D eigenvalue weighted by atomic mass is 35.5. The summed E-state index contributed by atoms with van der Waals surface area (Å²) in [6.07, 6.45) is 1.36. The van der Waals surface area contributed by atoms with Gasteiger partial charge in [-0.05, 0) is 33.7 Å². The normalized spacial score (nSPS) is 12.2. The zero-order valence-corrected chi connectivity index (χ0v) is 11.4. The van der Waals surface area contributed by atoms with E-state index >= 15 is 0 Å². The third-order valence-corrected chi connectivity index (χ3v) is 3.79. The first-order chi connectivity index (χ1) is 9.11. The first-order valence-corrected chi connectivity index (χ1v) is 6.79. The van der Waals surface area contributed by atoms with E-state index in [0.29, 0.717) is 15.6 Å². The van der Waals surface area contributed by atoms with Crippen LogP contribution in [0, 0.1) is 0 Å². The van der Waals surface area contributed by atoms with E-state index < -0.39 is 17.1 Å². The van der Waals surface area contributed by atoms with E-state index in [2.05, 4.69) is 20.3 Å². The van der Waals surface area contributed by atoms with Gasteiger partial charge in [0.25, 0.3) is 0 Å². The molecule has 1 heterocycles. The molecule has 0 spiro atoms. The van der Waals surface area contributed by atoms with Crippen LogP contribution in [0.2, 0.25) is 5.02 Å². The van der Waals surface area contributed by atoms with Crippen LogP contribution < -0.4 is 0 Å². The van der Waals surface area contributed by atoms with Crippen LogP contribution in [0.4, 0.5) is 0 Å². The molecule has 1 unspecified atom stereocenters. The van der Waals surface area contributed by atoms with E-state index in [1.807, 2.05) is 0 Å². The maximum atomic E-state index is 12.2. The molecule has 7 nitrogen and oxygen atoms in total. The van der Waals surface area contributed by atoms with Crippen molar-refractivity contribution in [3.8, 4) is 5.69 Å². The number of tetrazole rings is 1. The summed E-state index contributed by atoms with van der Waals surface area (Å²) in [4.78, 5) is 11.5. The molecule has 2 rings (SSSR count). The van der Waals surface area contributed by atoms with Crippen LogP contribution in [-0.4, -0.2) is 43.6 Å². The number of carbonyl (C=O) groups excluding carboxylic acids is 1. The Labute approximate surface area is 116 Å². The second-order valence-electron chi connectivity index (χ2n) is 3.43. The highest BCUT2D eigenvalue weighted by Crippen LogP contribution is 2.24. The molecule has 0 saturated heterocycles. The highest BCUT2D eigenvalue weighted by Gasteiger charge is 2.22. The van der Waals surface area contributed by atoms with Gasteiger partial charge in [-0.3, -0.25) is 0 Å². The van der Waals surface area contributed by atoms with Gasteiger partial charge in [-0.1, -0.05) is 11.6 Å². The van der Waals surface area contributed by atoms with Crippen LogP contribution >= 0.6 is 11.6 Å². The van der Waals surface area contributed by atoms with E-state index in [-0.39, 0.29) is 5.75 Å². The van der Waals surface area contributed by atoms with E-state index in [1.54, 1.807) is 12.1 Å². The number of methoxy groups -OCH3 is 1. The zero-order chi connectivity index (χ0) is 13.8. The van der Waals surface area contributed by atoms with Crippen LogP contribution in [0.5, 0.6) is 0 Å². The molecule has 0 N–H and O–H groups in total. The molecule has 0 aliphatic rings. The first kappa shape index (κ1) is 13.8. The molecule has 0 bridgehead atoms. The van der Waals surface area contributed by atoms with E-state index in [0.717, 1.165) is 0 Å². The van der Waals surface area contributed by atoms with E-state index in [1.165, 1.54) is 24.2 Å².